The maximum atomic E-state index is 12.2. The zero-order valence-corrected chi connectivity index (χ0v) is 13.3. The Morgan fingerprint density at radius 3 is 2.38 bits per heavy atom. The van der Waals surface area contributed by atoms with Crippen LogP contribution < -0.4 is 10.2 Å². The van der Waals surface area contributed by atoms with Gasteiger partial charge in [-0.05, 0) is 12.1 Å². The van der Waals surface area contributed by atoms with Crippen molar-refractivity contribution in [3.05, 3.63) is 24.3 Å². The minimum atomic E-state index is -3.17. The Kier molecular flexibility index (Phi) is 4.19. The molecule has 1 aromatic rings. The largest absolute Gasteiger partial charge is 0.368 e. The predicted molar refractivity (Wildman–Crippen MR) is 84.6 cm³/mol. The Balaban J connectivity index is 1.76. The van der Waals surface area contributed by atoms with Crippen molar-refractivity contribution >= 4 is 15.5 Å². The Morgan fingerprint density at radius 1 is 1.14 bits per heavy atom. The molecule has 2 aliphatic rings. The summed E-state index contributed by atoms with van der Waals surface area (Å²) in [4.78, 5) is 5.20. The predicted octanol–water partition coefficient (Wildman–Crippen LogP) is 0.574. The minimum Gasteiger partial charge on any atom is -0.368 e. The van der Waals surface area contributed by atoms with E-state index in [4.69, 9.17) is 0 Å². The average Bonchev–Trinajstić information content (AvgIpc) is 2.46. The highest BCUT2D eigenvalue weighted by atomic mass is 32.2. The van der Waals surface area contributed by atoms with Crippen LogP contribution in [0.25, 0.3) is 0 Å². The zero-order chi connectivity index (χ0) is 14.9. The van der Waals surface area contributed by atoms with Crippen molar-refractivity contribution in [1.29, 1.82) is 0 Å². The molecule has 5 nitrogen and oxygen atoms in total. The van der Waals surface area contributed by atoms with E-state index in [1.807, 2.05) is 18.2 Å². The molecular formula is C15H23N3O2S. The summed E-state index contributed by atoms with van der Waals surface area (Å²) in [6, 6.07) is 8.07. The van der Waals surface area contributed by atoms with Gasteiger partial charge >= 0.3 is 0 Å². The lowest BCUT2D eigenvalue weighted by molar-refractivity contribution is 0.138. The molecule has 0 unspecified atom stereocenters. The first-order valence-electron chi connectivity index (χ1n) is 7.63. The van der Waals surface area contributed by atoms with E-state index in [0.717, 1.165) is 45.0 Å². The van der Waals surface area contributed by atoms with E-state index < -0.39 is 9.84 Å². The lowest BCUT2D eigenvalue weighted by atomic mass is 10.1. The van der Waals surface area contributed by atoms with E-state index in [2.05, 4.69) is 15.1 Å². The second-order valence-electron chi connectivity index (χ2n) is 5.71. The van der Waals surface area contributed by atoms with Gasteiger partial charge in [0.1, 0.15) is 0 Å². The molecule has 0 aliphatic carbocycles. The van der Waals surface area contributed by atoms with Gasteiger partial charge in [0, 0.05) is 45.3 Å². The molecule has 0 amide bonds. The lowest BCUT2D eigenvalue weighted by Gasteiger charge is -2.44. The first-order chi connectivity index (χ1) is 10.1. The SMILES string of the molecule is CCS(=O)(=O)c1ccccc1N1CCN(C2CNC2)CC1. The quantitative estimate of drug-likeness (QED) is 0.881. The first kappa shape index (κ1) is 14.8. The fraction of sp³-hybridized carbons (Fsp3) is 0.600. The first-order valence-corrected chi connectivity index (χ1v) is 9.28. The topological polar surface area (TPSA) is 52.7 Å². The minimum absolute atomic E-state index is 0.151. The number of rotatable bonds is 4. The summed E-state index contributed by atoms with van der Waals surface area (Å²) in [5, 5.41) is 3.30. The molecule has 0 bridgehead atoms. The smallest absolute Gasteiger partial charge is 0.180 e. The molecule has 1 aromatic carbocycles. The molecule has 0 radical (unpaired) electrons. The van der Waals surface area contributed by atoms with E-state index >= 15 is 0 Å². The summed E-state index contributed by atoms with van der Waals surface area (Å²) in [5.41, 5.74) is 0.866. The van der Waals surface area contributed by atoms with Gasteiger partial charge < -0.3 is 10.2 Å². The molecule has 2 fully saturated rings. The second-order valence-corrected chi connectivity index (χ2v) is 7.95. The third-order valence-corrected chi connectivity index (χ3v) is 6.29. The molecular weight excluding hydrogens is 286 g/mol. The van der Waals surface area contributed by atoms with E-state index in [0.29, 0.717) is 10.9 Å². The van der Waals surface area contributed by atoms with Crippen LogP contribution in [0.2, 0.25) is 0 Å². The highest BCUT2D eigenvalue weighted by Crippen LogP contribution is 2.27. The molecule has 0 aromatic heterocycles. The Hall–Kier alpha value is -1.11. The van der Waals surface area contributed by atoms with E-state index in [1.54, 1.807) is 13.0 Å². The maximum absolute atomic E-state index is 12.2. The Morgan fingerprint density at radius 2 is 1.81 bits per heavy atom. The Labute approximate surface area is 126 Å². The van der Waals surface area contributed by atoms with E-state index in [9.17, 15) is 8.42 Å². The van der Waals surface area contributed by atoms with Crippen molar-refractivity contribution in [2.24, 2.45) is 0 Å². The number of para-hydroxylation sites is 1. The number of sulfone groups is 1. The monoisotopic (exact) mass is 309 g/mol. The van der Waals surface area contributed by atoms with Crippen molar-refractivity contribution < 1.29 is 8.42 Å². The van der Waals surface area contributed by atoms with Crippen LogP contribution in [0, 0.1) is 0 Å². The van der Waals surface area contributed by atoms with E-state index in [1.165, 1.54) is 0 Å². The molecule has 2 aliphatic heterocycles. The van der Waals surface area contributed by atoms with Crippen molar-refractivity contribution in [2.75, 3.05) is 49.9 Å². The second kappa shape index (κ2) is 5.94. The van der Waals surface area contributed by atoms with Crippen LogP contribution in [0.1, 0.15) is 6.92 Å². The number of hydrogen-bond donors (Lipinski definition) is 1. The summed E-state index contributed by atoms with van der Waals surface area (Å²) >= 11 is 0. The highest BCUT2D eigenvalue weighted by molar-refractivity contribution is 7.91. The Bertz CT molecular complexity index is 591. The van der Waals surface area contributed by atoms with Crippen LogP contribution in [0.15, 0.2) is 29.2 Å². The van der Waals surface area contributed by atoms with Gasteiger partial charge in [-0.2, -0.15) is 0 Å². The number of nitrogens with zero attached hydrogens (tertiary/aromatic N) is 2. The van der Waals surface area contributed by atoms with Gasteiger partial charge in [0.15, 0.2) is 9.84 Å². The van der Waals surface area contributed by atoms with Gasteiger partial charge in [0.25, 0.3) is 0 Å². The molecule has 2 saturated heterocycles. The van der Waals surface area contributed by atoms with E-state index in [-0.39, 0.29) is 5.75 Å². The van der Waals surface area contributed by atoms with Crippen molar-refractivity contribution in [1.82, 2.24) is 10.2 Å². The van der Waals surface area contributed by atoms with Crippen molar-refractivity contribution in [2.45, 2.75) is 17.9 Å². The molecule has 0 spiro atoms. The van der Waals surface area contributed by atoms with Crippen LogP contribution in [-0.2, 0) is 9.84 Å². The van der Waals surface area contributed by atoms with Crippen LogP contribution in [0.3, 0.4) is 0 Å². The third kappa shape index (κ3) is 2.93. The van der Waals surface area contributed by atoms with Gasteiger partial charge in [-0.3, -0.25) is 4.90 Å². The lowest BCUT2D eigenvalue weighted by Crippen LogP contribution is -2.61. The molecule has 2 heterocycles. The number of piperazine rings is 1. The van der Waals surface area contributed by atoms with Crippen molar-refractivity contribution in [3.8, 4) is 0 Å². The van der Waals surface area contributed by atoms with Gasteiger partial charge in [0.2, 0.25) is 0 Å². The molecule has 6 heteroatoms. The van der Waals surface area contributed by atoms with Crippen LogP contribution in [0.5, 0.6) is 0 Å². The summed E-state index contributed by atoms with van der Waals surface area (Å²) < 4.78 is 24.5. The summed E-state index contributed by atoms with van der Waals surface area (Å²) in [6.45, 7) is 7.68. The maximum Gasteiger partial charge on any atom is 0.180 e. The number of hydrogen-bond acceptors (Lipinski definition) is 5. The van der Waals surface area contributed by atoms with Gasteiger partial charge in [0.05, 0.1) is 16.3 Å². The van der Waals surface area contributed by atoms with Crippen LogP contribution >= 0.6 is 0 Å². The zero-order valence-electron chi connectivity index (χ0n) is 12.5. The molecule has 21 heavy (non-hydrogen) atoms. The molecule has 1 N–H and O–H groups in total. The molecule has 0 saturated carbocycles. The number of benzene rings is 1. The molecule has 116 valence electrons. The van der Waals surface area contributed by atoms with Crippen molar-refractivity contribution in [3.63, 3.8) is 0 Å². The van der Waals surface area contributed by atoms with Crippen LogP contribution in [-0.4, -0.2) is 64.4 Å². The summed E-state index contributed by atoms with van der Waals surface area (Å²) in [5.74, 6) is 0.151. The van der Waals surface area contributed by atoms with Gasteiger partial charge in [-0.25, -0.2) is 8.42 Å². The normalized spacial score (nSPS) is 21.3. The summed E-state index contributed by atoms with van der Waals surface area (Å²) in [6.07, 6.45) is 0. The van der Waals surface area contributed by atoms with Crippen LogP contribution in [0.4, 0.5) is 5.69 Å². The fourth-order valence-electron chi connectivity index (χ4n) is 3.00. The highest BCUT2D eigenvalue weighted by Gasteiger charge is 2.29. The average molecular weight is 309 g/mol. The third-order valence-electron chi connectivity index (χ3n) is 4.51. The number of nitrogens with one attached hydrogen (secondary N) is 1. The van der Waals surface area contributed by atoms with Gasteiger partial charge in [-0.1, -0.05) is 19.1 Å². The standard InChI is InChI=1S/C15H23N3O2S/c1-2-21(19,20)15-6-4-3-5-14(15)18-9-7-17(8-10-18)13-11-16-12-13/h3-6,13,16H,2,7-12H2,1H3. The summed E-state index contributed by atoms with van der Waals surface area (Å²) in [7, 11) is -3.17. The number of anilines is 1. The van der Waals surface area contributed by atoms with Gasteiger partial charge in [-0.15, -0.1) is 0 Å². The molecule has 3 rings (SSSR count). The fourth-order valence-corrected chi connectivity index (χ4v) is 4.11. The molecule has 0 atom stereocenters.